The number of hydrogen-bond acceptors (Lipinski definition) is 4. The first kappa shape index (κ1) is 14.8. The van der Waals surface area contributed by atoms with E-state index in [-0.39, 0.29) is 6.54 Å². The lowest BCUT2D eigenvalue weighted by Gasteiger charge is -2.11. The number of fused-ring (bicyclic) bond motifs is 3. The summed E-state index contributed by atoms with van der Waals surface area (Å²) in [5.41, 5.74) is 3.85. The number of halogens is 1. The average molecular weight is 340 g/mol. The Kier molecular flexibility index (Phi) is 3.35. The summed E-state index contributed by atoms with van der Waals surface area (Å²) in [5, 5.41) is 13.4. The summed E-state index contributed by atoms with van der Waals surface area (Å²) in [5.74, 6) is 1.06. The van der Waals surface area contributed by atoms with Gasteiger partial charge in [0.25, 0.3) is 5.71 Å². The first-order valence-electron chi connectivity index (χ1n) is 7.50. The first-order chi connectivity index (χ1) is 11.6. The Hall–Kier alpha value is -2.73. The van der Waals surface area contributed by atoms with Crippen LogP contribution in [0.1, 0.15) is 28.6 Å². The monoisotopic (exact) mass is 339 g/mol. The Morgan fingerprint density at radius 2 is 1.96 bits per heavy atom. The third-order valence-corrected chi connectivity index (χ3v) is 4.42. The first-order valence-corrected chi connectivity index (χ1v) is 7.88. The summed E-state index contributed by atoms with van der Waals surface area (Å²) in [6, 6.07) is 7.20. The molecule has 0 bridgehead atoms. The maximum absolute atomic E-state index is 12.9. The van der Waals surface area contributed by atoms with Crippen LogP contribution in [-0.4, -0.2) is 30.0 Å². The van der Waals surface area contributed by atoms with Crippen LogP contribution in [0.3, 0.4) is 0 Å². The summed E-state index contributed by atoms with van der Waals surface area (Å²) in [6.45, 7) is 4.05. The molecule has 0 atom stereocenters. The van der Waals surface area contributed by atoms with E-state index >= 15 is 0 Å². The summed E-state index contributed by atoms with van der Waals surface area (Å²) < 4.78 is 2.89. The number of aromatic nitrogens is 4. The zero-order chi connectivity index (χ0) is 16.8. The SMILES string of the molecule is Cc1nc2n(c1C)-c1ccc(Cl)cc1C(c1ncccn1)=[N+]([O-])C2. The Morgan fingerprint density at radius 1 is 1.21 bits per heavy atom. The smallest absolute Gasteiger partial charge is 0.266 e. The Labute approximate surface area is 143 Å². The number of imidazole rings is 1. The highest BCUT2D eigenvalue weighted by atomic mass is 35.5. The highest BCUT2D eigenvalue weighted by Gasteiger charge is 2.30. The average Bonchev–Trinajstić information content (AvgIpc) is 2.77. The molecule has 24 heavy (non-hydrogen) atoms. The molecule has 120 valence electrons. The Balaban J connectivity index is 2.08. The second kappa shape index (κ2) is 5.42. The van der Waals surface area contributed by atoms with Crippen molar-refractivity contribution in [1.82, 2.24) is 19.5 Å². The largest absolute Gasteiger partial charge is 0.623 e. The van der Waals surface area contributed by atoms with Crippen molar-refractivity contribution in [2.75, 3.05) is 0 Å². The molecular weight excluding hydrogens is 326 g/mol. The van der Waals surface area contributed by atoms with Gasteiger partial charge in [0.1, 0.15) is 0 Å². The van der Waals surface area contributed by atoms with Crippen molar-refractivity contribution in [3.63, 3.8) is 0 Å². The van der Waals surface area contributed by atoms with Gasteiger partial charge >= 0.3 is 0 Å². The highest BCUT2D eigenvalue weighted by Crippen LogP contribution is 2.28. The topological polar surface area (TPSA) is 69.7 Å². The van der Waals surface area contributed by atoms with Gasteiger partial charge in [-0.15, -0.1) is 0 Å². The summed E-state index contributed by atoms with van der Waals surface area (Å²) in [4.78, 5) is 13.0. The van der Waals surface area contributed by atoms with E-state index in [1.807, 2.05) is 30.5 Å². The van der Waals surface area contributed by atoms with E-state index in [2.05, 4.69) is 15.0 Å². The molecule has 2 aromatic heterocycles. The van der Waals surface area contributed by atoms with E-state index in [4.69, 9.17) is 11.6 Å². The van der Waals surface area contributed by atoms with Crippen LogP contribution in [0.15, 0.2) is 36.7 Å². The molecule has 0 saturated carbocycles. The molecule has 0 unspecified atom stereocenters. The summed E-state index contributed by atoms with van der Waals surface area (Å²) in [7, 11) is 0. The van der Waals surface area contributed by atoms with Crippen molar-refractivity contribution in [3.05, 3.63) is 75.5 Å². The van der Waals surface area contributed by atoms with E-state index in [0.717, 1.165) is 21.8 Å². The molecule has 4 rings (SSSR count). The van der Waals surface area contributed by atoms with Crippen LogP contribution in [-0.2, 0) is 6.54 Å². The second-order valence-electron chi connectivity index (χ2n) is 5.65. The van der Waals surface area contributed by atoms with Gasteiger partial charge in [-0.3, -0.25) is 4.57 Å². The Bertz CT molecular complexity index is 978. The molecule has 0 amide bonds. The van der Waals surface area contributed by atoms with Gasteiger partial charge in [-0.2, -0.15) is 4.74 Å². The van der Waals surface area contributed by atoms with Crippen LogP contribution in [0, 0.1) is 19.1 Å². The lowest BCUT2D eigenvalue weighted by Crippen LogP contribution is -2.20. The Morgan fingerprint density at radius 3 is 2.71 bits per heavy atom. The van der Waals surface area contributed by atoms with Crippen LogP contribution < -0.4 is 0 Å². The van der Waals surface area contributed by atoms with Gasteiger partial charge in [0, 0.05) is 23.1 Å². The van der Waals surface area contributed by atoms with Gasteiger partial charge in [-0.1, -0.05) is 11.6 Å². The molecule has 7 heteroatoms. The second-order valence-corrected chi connectivity index (χ2v) is 6.09. The van der Waals surface area contributed by atoms with Crippen molar-refractivity contribution < 1.29 is 4.74 Å². The van der Waals surface area contributed by atoms with Crippen molar-refractivity contribution in [2.24, 2.45) is 0 Å². The lowest BCUT2D eigenvalue weighted by molar-refractivity contribution is -0.475. The molecule has 0 N–H and O–H groups in total. The molecule has 1 aromatic carbocycles. The minimum absolute atomic E-state index is 0.120. The van der Waals surface area contributed by atoms with Gasteiger partial charge in [-0.25, -0.2) is 15.0 Å². The molecule has 0 fully saturated rings. The van der Waals surface area contributed by atoms with Gasteiger partial charge < -0.3 is 5.21 Å². The maximum atomic E-state index is 12.9. The van der Waals surface area contributed by atoms with Crippen molar-refractivity contribution in [1.29, 1.82) is 0 Å². The van der Waals surface area contributed by atoms with E-state index in [1.165, 1.54) is 0 Å². The summed E-state index contributed by atoms with van der Waals surface area (Å²) in [6.07, 6.45) is 3.23. The predicted octanol–water partition coefficient (Wildman–Crippen LogP) is 2.79. The molecule has 6 nitrogen and oxygen atoms in total. The van der Waals surface area contributed by atoms with Crippen LogP contribution in [0.2, 0.25) is 5.02 Å². The van der Waals surface area contributed by atoms with Gasteiger partial charge in [0.2, 0.25) is 12.4 Å². The number of aryl methyl sites for hydroxylation is 1. The lowest BCUT2D eigenvalue weighted by atomic mass is 10.1. The number of nitrogens with zero attached hydrogens (tertiary/aromatic N) is 5. The van der Waals surface area contributed by atoms with E-state index in [9.17, 15) is 5.21 Å². The normalized spacial score (nSPS) is 13.5. The minimum Gasteiger partial charge on any atom is -0.623 e. The van der Waals surface area contributed by atoms with Crippen molar-refractivity contribution in [2.45, 2.75) is 20.4 Å². The molecule has 1 aliphatic rings. The molecular formula is C17H14ClN5O. The fourth-order valence-electron chi connectivity index (χ4n) is 2.99. The number of rotatable bonds is 1. The molecule has 1 aliphatic heterocycles. The third-order valence-electron chi connectivity index (χ3n) is 4.18. The van der Waals surface area contributed by atoms with E-state index < -0.39 is 0 Å². The maximum Gasteiger partial charge on any atom is 0.266 e. The minimum atomic E-state index is 0.120. The molecule has 0 radical (unpaired) electrons. The molecule has 3 aromatic rings. The fraction of sp³-hybridized carbons (Fsp3) is 0.176. The number of benzene rings is 1. The van der Waals surface area contributed by atoms with Crippen molar-refractivity contribution >= 4 is 17.3 Å². The van der Waals surface area contributed by atoms with Gasteiger partial charge in [0.15, 0.2) is 5.82 Å². The van der Waals surface area contributed by atoms with E-state index in [0.29, 0.717) is 27.9 Å². The standard InChI is InChI=1S/C17H14ClN5O/c1-10-11(2)23-14-5-4-12(18)8-13(14)16(17-19-6-3-7-20-17)22(24)9-15(23)21-10/h3-8H,9H2,1-2H3. The van der Waals surface area contributed by atoms with Gasteiger partial charge in [-0.05, 0) is 38.1 Å². The third kappa shape index (κ3) is 2.18. The highest BCUT2D eigenvalue weighted by molar-refractivity contribution is 6.31. The van der Waals surface area contributed by atoms with Gasteiger partial charge in [0.05, 0.1) is 16.9 Å². The quantitative estimate of drug-likeness (QED) is 0.505. The molecule has 0 saturated heterocycles. The van der Waals surface area contributed by atoms with Crippen molar-refractivity contribution in [3.8, 4) is 5.69 Å². The molecule has 0 spiro atoms. The summed E-state index contributed by atoms with van der Waals surface area (Å²) >= 11 is 6.20. The zero-order valence-corrected chi connectivity index (χ0v) is 13.9. The van der Waals surface area contributed by atoms with E-state index in [1.54, 1.807) is 24.5 Å². The number of hydrogen-bond donors (Lipinski definition) is 0. The molecule has 3 heterocycles. The van der Waals surface area contributed by atoms with Crippen LogP contribution >= 0.6 is 11.6 Å². The number of hydroxylamine groups is 1. The zero-order valence-electron chi connectivity index (χ0n) is 13.2. The van der Waals surface area contributed by atoms with Crippen LogP contribution in [0.4, 0.5) is 0 Å². The van der Waals surface area contributed by atoms with Crippen LogP contribution in [0.25, 0.3) is 5.69 Å². The van der Waals surface area contributed by atoms with Crippen LogP contribution in [0.5, 0.6) is 0 Å². The predicted molar refractivity (Wildman–Crippen MR) is 90.6 cm³/mol. The fourth-order valence-corrected chi connectivity index (χ4v) is 3.17. The molecule has 0 aliphatic carbocycles.